The second kappa shape index (κ2) is 5.94. The number of carbonyl (C=O) groups excluding carboxylic acids is 1. The standard InChI is InChI=1S/C12H11F2N3O2/c13-12(14)19-10-4-2-1-3-8(10)5-15-11(18)9-6-16-17-7-9/h1-4,6-7,12H,5H2,(H,15,18)(H,16,17). The van der Waals surface area contributed by atoms with E-state index in [0.717, 1.165) is 0 Å². The molecular weight excluding hydrogens is 256 g/mol. The number of nitrogens with zero attached hydrogens (tertiary/aromatic N) is 1. The second-order valence-corrected chi connectivity index (χ2v) is 3.66. The van der Waals surface area contributed by atoms with Crippen LogP contribution in [0.2, 0.25) is 0 Å². The van der Waals surface area contributed by atoms with Gasteiger partial charge in [-0.15, -0.1) is 0 Å². The van der Waals surface area contributed by atoms with Gasteiger partial charge in [0.05, 0.1) is 11.8 Å². The fourth-order valence-electron chi connectivity index (χ4n) is 1.51. The van der Waals surface area contributed by atoms with Gasteiger partial charge in [0.2, 0.25) is 0 Å². The Labute approximate surface area is 107 Å². The van der Waals surface area contributed by atoms with E-state index in [-0.39, 0.29) is 18.2 Å². The zero-order valence-electron chi connectivity index (χ0n) is 9.77. The summed E-state index contributed by atoms with van der Waals surface area (Å²) in [5.41, 5.74) is 0.840. The van der Waals surface area contributed by atoms with Gasteiger partial charge in [0.25, 0.3) is 5.91 Å². The van der Waals surface area contributed by atoms with Crippen molar-refractivity contribution in [2.75, 3.05) is 0 Å². The van der Waals surface area contributed by atoms with Crippen LogP contribution in [0.1, 0.15) is 15.9 Å². The molecule has 19 heavy (non-hydrogen) atoms. The molecule has 2 aromatic rings. The van der Waals surface area contributed by atoms with Crippen LogP contribution in [0.5, 0.6) is 5.75 Å². The van der Waals surface area contributed by atoms with Crippen LogP contribution in [-0.2, 0) is 6.54 Å². The summed E-state index contributed by atoms with van der Waals surface area (Å²) < 4.78 is 28.8. The first kappa shape index (κ1) is 13.0. The van der Waals surface area contributed by atoms with Crippen LogP contribution in [0.15, 0.2) is 36.7 Å². The van der Waals surface area contributed by atoms with Gasteiger partial charge in [0, 0.05) is 18.3 Å². The molecule has 0 spiro atoms. The molecule has 0 fully saturated rings. The number of aromatic nitrogens is 2. The van der Waals surface area contributed by atoms with E-state index >= 15 is 0 Å². The molecule has 0 saturated heterocycles. The van der Waals surface area contributed by atoms with Gasteiger partial charge in [-0.05, 0) is 6.07 Å². The number of H-pyrrole nitrogens is 1. The molecule has 1 aromatic carbocycles. The minimum atomic E-state index is -2.90. The summed E-state index contributed by atoms with van der Waals surface area (Å²) >= 11 is 0. The molecule has 0 aliphatic heterocycles. The van der Waals surface area contributed by atoms with E-state index in [1.807, 2.05) is 0 Å². The Balaban J connectivity index is 2.01. The Kier molecular flexibility index (Phi) is 4.07. The molecule has 7 heteroatoms. The fourth-order valence-corrected chi connectivity index (χ4v) is 1.51. The summed E-state index contributed by atoms with van der Waals surface area (Å²) in [5.74, 6) is -0.300. The number of benzene rings is 1. The lowest BCUT2D eigenvalue weighted by Crippen LogP contribution is -2.22. The number of aromatic amines is 1. The molecule has 0 bridgehead atoms. The van der Waals surface area contributed by atoms with Gasteiger partial charge in [-0.3, -0.25) is 9.89 Å². The highest BCUT2D eigenvalue weighted by Crippen LogP contribution is 2.19. The van der Waals surface area contributed by atoms with Crippen molar-refractivity contribution in [2.45, 2.75) is 13.2 Å². The summed E-state index contributed by atoms with van der Waals surface area (Å²) in [6, 6.07) is 6.29. The number of amides is 1. The number of hydrogen-bond donors (Lipinski definition) is 2. The lowest BCUT2D eigenvalue weighted by molar-refractivity contribution is -0.0504. The number of hydrogen-bond acceptors (Lipinski definition) is 3. The average Bonchev–Trinajstić information content (AvgIpc) is 2.90. The van der Waals surface area contributed by atoms with E-state index < -0.39 is 6.61 Å². The third-order valence-electron chi connectivity index (χ3n) is 2.39. The molecule has 2 N–H and O–H groups in total. The fraction of sp³-hybridized carbons (Fsp3) is 0.167. The molecule has 0 saturated carbocycles. The minimum absolute atomic E-state index is 0.0463. The first-order valence-electron chi connectivity index (χ1n) is 5.46. The van der Waals surface area contributed by atoms with Gasteiger partial charge in [-0.1, -0.05) is 18.2 Å². The summed E-state index contributed by atoms with van der Waals surface area (Å²) in [6.07, 6.45) is 2.81. The Bertz CT molecular complexity index is 544. The van der Waals surface area contributed by atoms with Crippen molar-refractivity contribution in [1.82, 2.24) is 15.5 Å². The molecule has 0 radical (unpaired) electrons. The molecule has 1 aromatic heterocycles. The van der Waals surface area contributed by atoms with Crippen molar-refractivity contribution in [3.63, 3.8) is 0 Å². The van der Waals surface area contributed by atoms with E-state index in [2.05, 4.69) is 20.3 Å². The SMILES string of the molecule is O=C(NCc1ccccc1OC(F)F)c1cn[nH]c1. The van der Waals surface area contributed by atoms with Crippen molar-refractivity contribution >= 4 is 5.91 Å². The third-order valence-corrected chi connectivity index (χ3v) is 2.39. The first-order chi connectivity index (χ1) is 9.16. The van der Waals surface area contributed by atoms with Crippen molar-refractivity contribution in [3.8, 4) is 5.75 Å². The number of nitrogens with one attached hydrogen (secondary N) is 2. The third kappa shape index (κ3) is 3.51. The van der Waals surface area contributed by atoms with Gasteiger partial charge in [0.1, 0.15) is 5.75 Å². The van der Waals surface area contributed by atoms with Crippen molar-refractivity contribution in [3.05, 3.63) is 47.8 Å². The molecule has 5 nitrogen and oxygen atoms in total. The van der Waals surface area contributed by atoms with Crippen LogP contribution >= 0.6 is 0 Å². The predicted molar refractivity (Wildman–Crippen MR) is 62.8 cm³/mol. The monoisotopic (exact) mass is 267 g/mol. The van der Waals surface area contributed by atoms with Crippen molar-refractivity contribution in [2.24, 2.45) is 0 Å². The molecular formula is C12H11F2N3O2. The van der Waals surface area contributed by atoms with Crippen molar-refractivity contribution in [1.29, 1.82) is 0 Å². The number of carbonyl (C=O) groups is 1. The highest BCUT2D eigenvalue weighted by Gasteiger charge is 2.11. The molecule has 0 atom stereocenters. The zero-order valence-corrected chi connectivity index (χ0v) is 9.77. The number of para-hydroxylation sites is 1. The van der Waals surface area contributed by atoms with Crippen LogP contribution in [0.3, 0.4) is 0 Å². The first-order valence-corrected chi connectivity index (χ1v) is 5.46. The van der Waals surface area contributed by atoms with E-state index in [9.17, 15) is 13.6 Å². The summed E-state index contributed by atoms with van der Waals surface area (Å²) in [6.45, 7) is -2.81. The van der Waals surface area contributed by atoms with Crippen molar-refractivity contribution < 1.29 is 18.3 Å². The Morgan fingerprint density at radius 3 is 2.89 bits per heavy atom. The lowest BCUT2D eigenvalue weighted by Gasteiger charge is -2.10. The second-order valence-electron chi connectivity index (χ2n) is 3.66. The molecule has 2 rings (SSSR count). The van der Waals surface area contributed by atoms with Gasteiger partial charge < -0.3 is 10.1 Å². The average molecular weight is 267 g/mol. The van der Waals surface area contributed by atoms with Crippen LogP contribution in [0, 0.1) is 0 Å². The number of halogens is 2. The highest BCUT2D eigenvalue weighted by molar-refractivity contribution is 5.93. The van der Waals surface area contributed by atoms with Gasteiger partial charge in [0.15, 0.2) is 0 Å². The Morgan fingerprint density at radius 1 is 1.42 bits per heavy atom. The van der Waals surface area contributed by atoms with Crippen LogP contribution in [0.25, 0.3) is 0 Å². The smallest absolute Gasteiger partial charge is 0.387 e. The Hall–Kier alpha value is -2.44. The maximum absolute atomic E-state index is 12.2. The van der Waals surface area contributed by atoms with Crippen LogP contribution in [0.4, 0.5) is 8.78 Å². The van der Waals surface area contributed by atoms with E-state index in [4.69, 9.17) is 0 Å². The van der Waals surface area contributed by atoms with Crippen LogP contribution in [-0.4, -0.2) is 22.7 Å². The molecule has 1 amide bonds. The highest BCUT2D eigenvalue weighted by atomic mass is 19.3. The maximum atomic E-state index is 12.2. The molecule has 1 heterocycles. The lowest BCUT2D eigenvalue weighted by atomic mass is 10.2. The molecule has 0 aliphatic rings. The van der Waals surface area contributed by atoms with Gasteiger partial charge in [-0.25, -0.2) is 0 Å². The zero-order chi connectivity index (χ0) is 13.7. The van der Waals surface area contributed by atoms with E-state index in [1.165, 1.54) is 18.5 Å². The maximum Gasteiger partial charge on any atom is 0.387 e. The number of ether oxygens (including phenoxy) is 1. The topological polar surface area (TPSA) is 67.0 Å². The predicted octanol–water partition coefficient (Wildman–Crippen LogP) is 1.94. The normalized spacial score (nSPS) is 10.5. The molecule has 0 aliphatic carbocycles. The van der Waals surface area contributed by atoms with E-state index in [1.54, 1.807) is 18.2 Å². The minimum Gasteiger partial charge on any atom is -0.434 e. The largest absolute Gasteiger partial charge is 0.434 e. The van der Waals surface area contributed by atoms with Gasteiger partial charge >= 0.3 is 6.61 Å². The number of alkyl halides is 2. The molecule has 0 unspecified atom stereocenters. The van der Waals surface area contributed by atoms with E-state index in [0.29, 0.717) is 11.1 Å². The summed E-state index contributed by atoms with van der Waals surface area (Å²) in [4.78, 5) is 11.7. The summed E-state index contributed by atoms with van der Waals surface area (Å²) in [7, 11) is 0. The quantitative estimate of drug-likeness (QED) is 0.870. The van der Waals surface area contributed by atoms with Crippen LogP contribution < -0.4 is 10.1 Å². The Morgan fingerprint density at radius 2 is 2.21 bits per heavy atom. The number of rotatable bonds is 5. The summed E-state index contributed by atoms with van der Waals surface area (Å²) in [5, 5.41) is 8.75. The molecule has 100 valence electrons. The van der Waals surface area contributed by atoms with Gasteiger partial charge in [-0.2, -0.15) is 13.9 Å².